The van der Waals surface area contributed by atoms with Crippen molar-refractivity contribution in [3.8, 4) is 11.5 Å². The first kappa shape index (κ1) is 14.2. The van der Waals surface area contributed by atoms with Crippen LogP contribution >= 0.6 is 15.9 Å². The van der Waals surface area contributed by atoms with E-state index < -0.39 is 0 Å². The van der Waals surface area contributed by atoms with Crippen LogP contribution in [0.3, 0.4) is 0 Å². The largest absolute Gasteiger partial charge is 0.454 e. The number of H-pyrrole nitrogens is 1. The molecule has 1 aliphatic heterocycles. The van der Waals surface area contributed by atoms with Gasteiger partial charge in [-0.05, 0) is 33.6 Å². The lowest BCUT2D eigenvalue weighted by atomic mass is 10.2. The highest BCUT2D eigenvalue weighted by Gasteiger charge is 2.18. The number of fused-ring (bicyclic) bond motifs is 2. The first-order valence-electron chi connectivity index (χ1n) is 7.02. The van der Waals surface area contributed by atoms with Crippen molar-refractivity contribution in [1.82, 2.24) is 9.88 Å². The first-order valence-corrected chi connectivity index (χ1v) is 7.81. The minimum atomic E-state index is -0.106. The summed E-state index contributed by atoms with van der Waals surface area (Å²) in [6.45, 7) is 0.713. The van der Waals surface area contributed by atoms with E-state index in [1.165, 1.54) is 0 Å². The lowest BCUT2D eigenvalue weighted by Gasteiger charge is -2.16. The molecule has 4 rings (SSSR count). The molecule has 0 unspecified atom stereocenters. The second-order valence-corrected chi connectivity index (χ2v) is 6.14. The smallest absolute Gasteiger partial charge is 0.270 e. The third-order valence-electron chi connectivity index (χ3n) is 3.71. The number of benzene rings is 1. The number of aromatic nitrogens is 1. The van der Waals surface area contributed by atoms with Crippen LogP contribution in [0.1, 0.15) is 16.1 Å². The number of ether oxygens (including phenoxy) is 2. The lowest BCUT2D eigenvalue weighted by Crippen LogP contribution is -2.26. The van der Waals surface area contributed by atoms with Crippen molar-refractivity contribution in [3.05, 3.63) is 46.3 Å². The molecule has 3 heterocycles. The van der Waals surface area contributed by atoms with Gasteiger partial charge in [0.1, 0.15) is 5.69 Å². The molecule has 1 aliphatic rings. The zero-order valence-electron chi connectivity index (χ0n) is 12.3. The van der Waals surface area contributed by atoms with Crippen molar-refractivity contribution in [1.29, 1.82) is 0 Å². The van der Waals surface area contributed by atoms with Gasteiger partial charge in [-0.3, -0.25) is 4.79 Å². The van der Waals surface area contributed by atoms with Crippen LogP contribution in [0.5, 0.6) is 11.5 Å². The molecule has 0 bridgehead atoms. The second kappa shape index (κ2) is 5.34. The van der Waals surface area contributed by atoms with Crippen LogP contribution in [0.4, 0.5) is 0 Å². The molecule has 1 N–H and O–H groups in total. The Labute approximate surface area is 140 Å². The highest BCUT2D eigenvalue weighted by Crippen LogP contribution is 2.33. The van der Waals surface area contributed by atoms with Gasteiger partial charge in [0.05, 0.1) is 5.52 Å². The van der Waals surface area contributed by atoms with E-state index in [0.29, 0.717) is 28.2 Å². The average molecular weight is 377 g/mol. The predicted molar refractivity (Wildman–Crippen MR) is 86.6 cm³/mol. The Balaban J connectivity index is 1.52. The van der Waals surface area contributed by atoms with Crippen LogP contribution in [-0.4, -0.2) is 29.6 Å². The van der Waals surface area contributed by atoms with E-state index in [1.807, 2.05) is 18.2 Å². The molecule has 118 valence electrons. The third kappa shape index (κ3) is 2.57. The van der Waals surface area contributed by atoms with Gasteiger partial charge in [-0.1, -0.05) is 6.07 Å². The fourth-order valence-electron chi connectivity index (χ4n) is 2.60. The molecule has 23 heavy (non-hydrogen) atoms. The van der Waals surface area contributed by atoms with E-state index >= 15 is 0 Å². The highest BCUT2D eigenvalue weighted by atomic mass is 79.9. The Morgan fingerprint density at radius 1 is 1.26 bits per heavy atom. The zero-order chi connectivity index (χ0) is 16.0. The lowest BCUT2D eigenvalue weighted by molar-refractivity contribution is 0.0780. The van der Waals surface area contributed by atoms with Gasteiger partial charge in [0, 0.05) is 25.7 Å². The zero-order valence-corrected chi connectivity index (χ0v) is 13.8. The van der Waals surface area contributed by atoms with Crippen molar-refractivity contribution < 1.29 is 18.7 Å². The molecular weight excluding hydrogens is 364 g/mol. The van der Waals surface area contributed by atoms with Crippen LogP contribution in [-0.2, 0) is 6.54 Å². The van der Waals surface area contributed by atoms with E-state index in [0.717, 1.165) is 16.8 Å². The second-order valence-electron chi connectivity index (χ2n) is 5.36. The molecule has 0 spiro atoms. The van der Waals surface area contributed by atoms with E-state index in [4.69, 9.17) is 13.9 Å². The number of carbonyl (C=O) groups is 1. The molecule has 3 aromatic rings. The molecule has 0 atom stereocenters. The highest BCUT2D eigenvalue weighted by molar-refractivity contribution is 9.10. The van der Waals surface area contributed by atoms with Crippen LogP contribution < -0.4 is 9.47 Å². The molecule has 6 nitrogen and oxygen atoms in total. The van der Waals surface area contributed by atoms with E-state index in [1.54, 1.807) is 24.1 Å². The summed E-state index contributed by atoms with van der Waals surface area (Å²) < 4.78 is 16.7. The van der Waals surface area contributed by atoms with Crippen molar-refractivity contribution in [2.75, 3.05) is 13.8 Å². The minimum absolute atomic E-state index is 0.106. The van der Waals surface area contributed by atoms with Gasteiger partial charge in [-0.15, -0.1) is 0 Å². The molecular formula is C16H13BrN2O4. The van der Waals surface area contributed by atoms with Crippen LogP contribution in [0.2, 0.25) is 0 Å². The number of hydrogen-bond acceptors (Lipinski definition) is 4. The number of furan rings is 1. The Morgan fingerprint density at radius 3 is 2.91 bits per heavy atom. The normalized spacial score (nSPS) is 12.8. The predicted octanol–water partition coefficient (Wildman–Crippen LogP) is 3.52. The maximum absolute atomic E-state index is 12.5. The Morgan fingerprint density at radius 2 is 2.09 bits per heavy atom. The minimum Gasteiger partial charge on any atom is -0.454 e. The number of rotatable bonds is 3. The van der Waals surface area contributed by atoms with Crippen LogP contribution in [0.25, 0.3) is 11.1 Å². The maximum Gasteiger partial charge on any atom is 0.270 e. The number of hydrogen-bond donors (Lipinski definition) is 1. The standard InChI is InChI=1S/C16H13BrN2O4/c1-19(7-9-2-3-12-14(4-9)22-8-21-12)16(20)11-5-13-10(18-11)6-15(17)23-13/h2-6,18H,7-8H2,1H3. The number of nitrogens with zero attached hydrogens (tertiary/aromatic N) is 1. The fraction of sp³-hybridized carbons (Fsp3) is 0.188. The monoisotopic (exact) mass is 376 g/mol. The summed E-state index contributed by atoms with van der Waals surface area (Å²) in [5.74, 6) is 1.34. The Kier molecular flexibility index (Phi) is 3.30. The quantitative estimate of drug-likeness (QED) is 0.759. The number of halogens is 1. The fourth-order valence-corrected chi connectivity index (χ4v) is 3.00. The summed E-state index contributed by atoms with van der Waals surface area (Å²) in [4.78, 5) is 17.2. The number of aromatic amines is 1. The maximum atomic E-state index is 12.5. The number of carbonyl (C=O) groups excluding carboxylic acids is 1. The van der Waals surface area contributed by atoms with E-state index in [-0.39, 0.29) is 12.7 Å². The molecule has 0 radical (unpaired) electrons. The number of nitrogens with one attached hydrogen (secondary N) is 1. The van der Waals surface area contributed by atoms with E-state index in [2.05, 4.69) is 20.9 Å². The summed E-state index contributed by atoms with van der Waals surface area (Å²) in [7, 11) is 1.76. The van der Waals surface area contributed by atoms with E-state index in [9.17, 15) is 4.79 Å². The van der Waals surface area contributed by atoms with Crippen LogP contribution in [0, 0.1) is 0 Å². The summed E-state index contributed by atoms with van der Waals surface area (Å²) >= 11 is 3.26. The Hall–Kier alpha value is -2.41. The Bertz CT molecular complexity index is 867. The summed E-state index contributed by atoms with van der Waals surface area (Å²) in [5.41, 5.74) is 2.91. The SMILES string of the molecule is CN(Cc1ccc2c(c1)OCO2)C(=O)c1cc2oc(Br)cc2[nH]1. The third-order valence-corrected chi connectivity index (χ3v) is 4.10. The molecule has 7 heteroatoms. The molecule has 2 aromatic heterocycles. The molecule has 1 amide bonds. The molecule has 1 aromatic carbocycles. The van der Waals surface area contributed by atoms with Gasteiger partial charge >= 0.3 is 0 Å². The molecule has 0 fully saturated rings. The summed E-state index contributed by atoms with van der Waals surface area (Å²) in [5, 5.41) is 0. The van der Waals surface area contributed by atoms with Gasteiger partial charge in [0.25, 0.3) is 5.91 Å². The van der Waals surface area contributed by atoms with Gasteiger partial charge in [-0.25, -0.2) is 0 Å². The molecule has 0 saturated carbocycles. The van der Waals surface area contributed by atoms with Crippen molar-refractivity contribution >= 4 is 32.9 Å². The molecule has 0 saturated heterocycles. The average Bonchev–Trinajstić information content (AvgIpc) is 3.19. The van der Waals surface area contributed by atoms with Crippen molar-refractivity contribution in [2.24, 2.45) is 0 Å². The summed E-state index contributed by atoms with van der Waals surface area (Å²) in [6.07, 6.45) is 0. The van der Waals surface area contributed by atoms with Crippen LogP contribution in [0.15, 0.2) is 39.4 Å². The topological polar surface area (TPSA) is 67.7 Å². The van der Waals surface area contributed by atoms with Gasteiger partial charge in [-0.2, -0.15) is 0 Å². The van der Waals surface area contributed by atoms with Gasteiger partial charge < -0.3 is 23.8 Å². The van der Waals surface area contributed by atoms with Crippen molar-refractivity contribution in [2.45, 2.75) is 6.54 Å². The van der Waals surface area contributed by atoms with Gasteiger partial charge in [0.2, 0.25) is 6.79 Å². The number of amides is 1. The first-order chi connectivity index (χ1) is 11.1. The van der Waals surface area contributed by atoms with Crippen molar-refractivity contribution in [3.63, 3.8) is 0 Å². The van der Waals surface area contributed by atoms with Gasteiger partial charge in [0.15, 0.2) is 21.8 Å². The molecule has 0 aliphatic carbocycles. The summed E-state index contributed by atoms with van der Waals surface area (Å²) in [6, 6.07) is 9.18.